The molecule has 0 amide bonds. The van der Waals surface area contributed by atoms with Gasteiger partial charge in [0, 0.05) is 11.3 Å². The van der Waals surface area contributed by atoms with Crippen LogP contribution in [-0.4, -0.2) is 23.9 Å². The topological polar surface area (TPSA) is 92.1 Å². The van der Waals surface area contributed by atoms with Crippen LogP contribution in [0, 0.1) is 0 Å². The summed E-state index contributed by atoms with van der Waals surface area (Å²) in [5.74, 6) is -1.21. The van der Waals surface area contributed by atoms with Gasteiger partial charge in [-0.1, -0.05) is 5.11 Å². The third kappa shape index (κ3) is 1.02. The summed E-state index contributed by atoms with van der Waals surface area (Å²) < 4.78 is 4.56. The zero-order valence-corrected chi connectivity index (χ0v) is 6.48. The highest BCUT2D eigenvalue weighted by Crippen LogP contribution is 2.25. The van der Waals surface area contributed by atoms with E-state index in [2.05, 4.69) is 14.8 Å². The Morgan fingerprint density at radius 3 is 2.83 bits per heavy atom. The monoisotopic (exact) mass is 169 g/mol. The third-order valence-corrected chi connectivity index (χ3v) is 1.83. The van der Waals surface area contributed by atoms with Crippen molar-refractivity contribution in [3.63, 3.8) is 0 Å². The molecule has 12 heavy (non-hydrogen) atoms. The summed E-state index contributed by atoms with van der Waals surface area (Å²) in [6.07, 6.45) is 0.144. The van der Waals surface area contributed by atoms with Crippen molar-refractivity contribution < 1.29 is 14.3 Å². The zero-order chi connectivity index (χ0) is 9.19. The van der Waals surface area contributed by atoms with Crippen LogP contribution in [0.2, 0.25) is 0 Å². The van der Waals surface area contributed by atoms with Crippen LogP contribution in [0.15, 0.2) is 5.11 Å². The van der Waals surface area contributed by atoms with Crippen molar-refractivity contribution in [3.05, 3.63) is 10.4 Å². The van der Waals surface area contributed by atoms with E-state index in [-0.39, 0.29) is 13.0 Å². The minimum atomic E-state index is -1.59. The van der Waals surface area contributed by atoms with Gasteiger partial charge in [0.1, 0.15) is 0 Å². The number of carbonyl (C=O) groups excluding carboxylic acids is 2. The second-order valence-corrected chi connectivity index (χ2v) is 2.49. The number of hydrogen-bond donors (Lipinski definition) is 0. The van der Waals surface area contributed by atoms with Gasteiger partial charge in [-0.15, -0.1) is 0 Å². The Bertz CT molecular complexity index is 278. The fraction of sp³-hybridized carbons (Fsp3) is 0.667. The maximum Gasteiger partial charge on any atom is 0.325 e. The van der Waals surface area contributed by atoms with Crippen LogP contribution in [-0.2, 0) is 14.3 Å². The standard InChI is InChI=1S/C6H7N3O3/c1-4(10)6(8-9-7)2-3-12-5(6)11/h2-3H2,1H3. The van der Waals surface area contributed by atoms with Gasteiger partial charge >= 0.3 is 5.97 Å². The van der Waals surface area contributed by atoms with Gasteiger partial charge in [-0.3, -0.25) is 9.59 Å². The fourth-order valence-corrected chi connectivity index (χ4v) is 1.07. The van der Waals surface area contributed by atoms with E-state index < -0.39 is 17.3 Å². The quantitative estimate of drug-likeness (QED) is 0.199. The van der Waals surface area contributed by atoms with Crippen LogP contribution in [0.25, 0.3) is 10.4 Å². The molecule has 1 aliphatic rings. The molecule has 1 heterocycles. The summed E-state index contributed by atoms with van der Waals surface area (Å²) in [6, 6.07) is 0. The highest BCUT2D eigenvalue weighted by atomic mass is 16.5. The first-order valence-electron chi connectivity index (χ1n) is 3.38. The molecule has 0 aliphatic carbocycles. The van der Waals surface area contributed by atoms with E-state index in [0.717, 1.165) is 0 Å². The number of cyclic esters (lactones) is 1. The maximum absolute atomic E-state index is 11.0. The first-order chi connectivity index (χ1) is 5.63. The van der Waals surface area contributed by atoms with Crippen molar-refractivity contribution in [2.24, 2.45) is 5.11 Å². The van der Waals surface area contributed by atoms with Crippen LogP contribution in [0.3, 0.4) is 0 Å². The molecule has 0 aromatic rings. The number of esters is 1. The lowest BCUT2D eigenvalue weighted by Crippen LogP contribution is -2.39. The molecule has 0 aromatic heterocycles. The summed E-state index contributed by atoms with van der Waals surface area (Å²) in [5, 5.41) is 3.19. The molecule has 1 rings (SSSR count). The Morgan fingerprint density at radius 2 is 2.50 bits per heavy atom. The second-order valence-electron chi connectivity index (χ2n) is 2.49. The molecule has 6 heteroatoms. The average molecular weight is 169 g/mol. The second kappa shape index (κ2) is 2.83. The van der Waals surface area contributed by atoms with E-state index >= 15 is 0 Å². The molecule has 0 saturated carbocycles. The largest absolute Gasteiger partial charge is 0.465 e. The van der Waals surface area contributed by atoms with Crippen LogP contribution in [0.1, 0.15) is 13.3 Å². The Morgan fingerprint density at radius 1 is 1.83 bits per heavy atom. The Labute approximate surface area is 68.1 Å². The van der Waals surface area contributed by atoms with Crippen LogP contribution in [0.4, 0.5) is 0 Å². The summed E-state index contributed by atoms with van der Waals surface area (Å²) in [5.41, 5.74) is 6.57. The van der Waals surface area contributed by atoms with Crippen molar-refractivity contribution >= 4 is 11.8 Å². The number of nitrogens with zero attached hydrogens (tertiary/aromatic N) is 3. The number of ketones is 1. The average Bonchev–Trinajstić information content (AvgIpc) is 2.34. The van der Waals surface area contributed by atoms with E-state index in [1.807, 2.05) is 0 Å². The highest BCUT2D eigenvalue weighted by Gasteiger charge is 2.48. The predicted molar refractivity (Wildman–Crippen MR) is 38.1 cm³/mol. The van der Waals surface area contributed by atoms with Gasteiger partial charge < -0.3 is 4.74 Å². The van der Waals surface area contributed by atoms with Gasteiger partial charge in [-0.25, -0.2) is 0 Å². The molecular weight excluding hydrogens is 162 g/mol. The highest BCUT2D eigenvalue weighted by molar-refractivity contribution is 6.08. The third-order valence-electron chi connectivity index (χ3n) is 1.83. The molecule has 1 unspecified atom stereocenters. The van der Waals surface area contributed by atoms with E-state index in [1.54, 1.807) is 0 Å². The van der Waals surface area contributed by atoms with E-state index in [4.69, 9.17) is 5.53 Å². The Hall–Kier alpha value is -1.55. The van der Waals surface area contributed by atoms with Gasteiger partial charge in [-0.2, -0.15) is 0 Å². The number of Topliss-reactive ketones (excluding diaryl/α,β-unsaturated/α-hetero) is 1. The fourth-order valence-electron chi connectivity index (χ4n) is 1.07. The van der Waals surface area contributed by atoms with Crippen molar-refractivity contribution in [2.45, 2.75) is 18.9 Å². The lowest BCUT2D eigenvalue weighted by molar-refractivity contribution is -0.145. The number of rotatable bonds is 2. The summed E-state index contributed by atoms with van der Waals surface area (Å²) in [7, 11) is 0. The molecule has 1 atom stereocenters. The number of azide groups is 1. The first kappa shape index (κ1) is 8.55. The van der Waals surface area contributed by atoms with E-state index in [1.165, 1.54) is 6.92 Å². The molecule has 0 bridgehead atoms. The molecule has 0 spiro atoms. The van der Waals surface area contributed by atoms with Gasteiger partial charge in [0.05, 0.1) is 6.61 Å². The molecule has 1 saturated heterocycles. The number of carbonyl (C=O) groups is 2. The van der Waals surface area contributed by atoms with Gasteiger partial charge in [-0.05, 0) is 12.5 Å². The Balaban J connectivity index is 3.09. The Kier molecular flexibility index (Phi) is 2.01. The van der Waals surface area contributed by atoms with Gasteiger partial charge in [0.2, 0.25) is 5.54 Å². The van der Waals surface area contributed by atoms with Crippen LogP contribution < -0.4 is 0 Å². The molecule has 0 radical (unpaired) electrons. The molecule has 1 aliphatic heterocycles. The molecule has 0 N–H and O–H groups in total. The van der Waals surface area contributed by atoms with E-state index in [0.29, 0.717) is 0 Å². The van der Waals surface area contributed by atoms with Crippen molar-refractivity contribution in [1.29, 1.82) is 0 Å². The van der Waals surface area contributed by atoms with E-state index in [9.17, 15) is 9.59 Å². The predicted octanol–water partition coefficient (Wildman–Crippen LogP) is 0.571. The van der Waals surface area contributed by atoms with Crippen molar-refractivity contribution in [2.75, 3.05) is 6.61 Å². The van der Waals surface area contributed by atoms with Crippen LogP contribution in [0.5, 0.6) is 0 Å². The number of hydrogen-bond acceptors (Lipinski definition) is 4. The van der Waals surface area contributed by atoms with Crippen molar-refractivity contribution in [3.8, 4) is 0 Å². The van der Waals surface area contributed by atoms with Gasteiger partial charge in [0.25, 0.3) is 0 Å². The minimum Gasteiger partial charge on any atom is -0.465 e. The van der Waals surface area contributed by atoms with Gasteiger partial charge in [0.15, 0.2) is 5.78 Å². The molecule has 1 fully saturated rings. The maximum atomic E-state index is 11.0. The first-order valence-corrected chi connectivity index (χ1v) is 3.38. The molecule has 64 valence electrons. The summed E-state index contributed by atoms with van der Waals surface area (Å²) >= 11 is 0. The van der Waals surface area contributed by atoms with Crippen LogP contribution >= 0.6 is 0 Å². The minimum absolute atomic E-state index is 0.136. The lowest BCUT2D eigenvalue weighted by atomic mass is 9.95. The molecular formula is C6H7N3O3. The zero-order valence-electron chi connectivity index (χ0n) is 6.48. The smallest absolute Gasteiger partial charge is 0.325 e. The summed E-state index contributed by atoms with van der Waals surface area (Å²) in [4.78, 5) is 24.5. The summed E-state index contributed by atoms with van der Waals surface area (Å²) in [6.45, 7) is 1.35. The SMILES string of the molecule is CC(=O)C1(N=[N+]=[N-])CCOC1=O. The normalized spacial score (nSPS) is 27.6. The lowest BCUT2D eigenvalue weighted by Gasteiger charge is -2.12. The van der Waals surface area contributed by atoms with Crippen molar-refractivity contribution in [1.82, 2.24) is 0 Å². The molecule has 0 aromatic carbocycles. The molecule has 6 nitrogen and oxygen atoms in total. The number of ether oxygens (including phenoxy) is 1.